The molecule has 0 spiro atoms. The second kappa shape index (κ2) is 10.0. The molecule has 1 aliphatic heterocycles. The van der Waals surface area contributed by atoms with Gasteiger partial charge in [-0.3, -0.25) is 4.79 Å². The predicted molar refractivity (Wildman–Crippen MR) is 126 cm³/mol. The van der Waals surface area contributed by atoms with E-state index in [1.54, 1.807) is 12.1 Å². The van der Waals surface area contributed by atoms with Crippen molar-refractivity contribution in [1.29, 1.82) is 0 Å². The van der Waals surface area contributed by atoms with E-state index in [1.165, 1.54) is 11.8 Å². The van der Waals surface area contributed by atoms with Crippen LogP contribution in [0.2, 0.25) is 0 Å². The summed E-state index contributed by atoms with van der Waals surface area (Å²) in [6.45, 7) is 5.41. The van der Waals surface area contributed by atoms with E-state index >= 15 is 0 Å². The smallest absolute Gasteiger partial charge is 0.248 e. The minimum atomic E-state index is -0.442. The minimum absolute atomic E-state index is 0.315. The molecular formula is C24H27N5O2S. The number of aromatic nitrogens is 2. The van der Waals surface area contributed by atoms with Gasteiger partial charge in [0.25, 0.3) is 0 Å². The van der Waals surface area contributed by atoms with Crippen molar-refractivity contribution in [3.05, 3.63) is 71.9 Å². The Kier molecular flexibility index (Phi) is 6.92. The highest BCUT2D eigenvalue weighted by Gasteiger charge is 2.25. The Bertz CT molecular complexity index is 1060. The van der Waals surface area contributed by atoms with Crippen molar-refractivity contribution < 1.29 is 9.53 Å². The summed E-state index contributed by atoms with van der Waals surface area (Å²) in [4.78, 5) is 27.1. The highest BCUT2D eigenvalue weighted by atomic mass is 32.2. The summed E-state index contributed by atoms with van der Waals surface area (Å²) in [6, 6.07) is 17.5. The molecule has 7 nitrogen and oxygen atoms in total. The Morgan fingerprint density at radius 3 is 2.59 bits per heavy atom. The van der Waals surface area contributed by atoms with E-state index < -0.39 is 5.91 Å². The third kappa shape index (κ3) is 5.38. The molecule has 4 rings (SSSR count). The van der Waals surface area contributed by atoms with E-state index in [-0.39, 0.29) is 0 Å². The van der Waals surface area contributed by atoms with Crippen LogP contribution in [0.3, 0.4) is 0 Å². The molecule has 8 heteroatoms. The average molecular weight is 450 g/mol. The summed E-state index contributed by atoms with van der Waals surface area (Å²) in [7, 11) is 2.13. The summed E-state index contributed by atoms with van der Waals surface area (Å²) in [5.74, 6) is 0.790. The Morgan fingerprint density at radius 2 is 1.91 bits per heavy atom. The molecule has 0 saturated carbocycles. The van der Waals surface area contributed by atoms with Gasteiger partial charge in [0.1, 0.15) is 6.61 Å². The molecule has 1 saturated heterocycles. The van der Waals surface area contributed by atoms with E-state index in [1.807, 2.05) is 48.7 Å². The number of carbonyl (C=O) groups is 1. The Hall–Kier alpha value is -3.10. The number of carbonyl (C=O) groups excluding carboxylic acids is 1. The zero-order valence-electron chi connectivity index (χ0n) is 18.3. The van der Waals surface area contributed by atoms with E-state index in [0.717, 1.165) is 35.0 Å². The van der Waals surface area contributed by atoms with Gasteiger partial charge in [-0.1, -0.05) is 42.1 Å². The van der Waals surface area contributed by atoms with Crippen molar-refractivity contribution in [1.82, 2.24) is 14.9 Å². The summed E-state index contributed by atoms with van der Waals surface area (Å²) < 4.78 is 6.16. The maximum atomic E-state index is 11.3. The number of nitrogens with two attached hydrogens (primary N) is 1. The van der Waals surface area contributed by atoms with Gasteiger partial charge in [-0.15, -0.1) is 0 Å². The third-order valence-corrected chi connectivity index (χ3v) is 6.39. The van der Waals surface area contributed by atoms with Crippen molar-refractivity contribution in [2.75, 3.05) is 31.6 Å². The zero-order valence-corrected chi connectivity index (χ0v) is 19.1. The van der Waals surface area contributed by atoms with Gasteiger partial charge in [0.05, 0.1) is 11.1 Å². The highest BCUT2D eigenvalue weighted by molar-refractivity contribution is 7.99. The summed E-state index contributed by atoms with van der Waals surface area (Å²) in [6.07, 6.45) is 1.82. The van der Waals surface area contributed by atoms with Gasteiger partial charge in [0.2, 0.25) is 17.7 Å². The van der Waals surface area contributed by atoms with Gasteiger partial charge < -0.3 is 20.3 Å². The third-order valence-electron chi connectivity index (χ3n) is 5.38. The Balaban J connectivity index is 1.59. The van der Waals surface area contributed by atoms with Crippen LogP contribution in [0.4, 0.5) is 5.95 Å². The first-order chi connectivity index (χ1) is 15.5. The molecular weight excluding hydrogens is 422 g/mol. The van der Waals surface area contributed by atoms with Crippen molar-refractivity contribution >= 4 is 23.6 Å². The number of likely N-dealkylation sites (N-methyl/N-ethyl adjacent to an activating group) is 1. The number of hydrogen-bond donors (Lipinski definition) is 1. The fraction of sp³-hybridized carbons (Fsp3) is 0.292. The Morgan fingerprint density at radius 1 is 1.16 bits per heavy atom. The molecule has 1 aliphatic rings. The van der Waals surface area contributed by atoms with Crippen LogP contribution in [0, 0.1) is 0 Å². The fourth-order valence-electron chi connectivity index (χ4n) is 3.64. The topological polar surface area (TPSA) is 84.6 Å². The highest BCUT2D eigenvalue weighted by Crippen LogP contribution is 2.35. The molecule has 0 bridgehead atoms. The number of anilines is 1. The lowest BCUT2D eigenvalue weighted by atomic mass is 10.2. The summed E-state index contributed by atoms with van der Waals surface area (Å²) in [5, 5.41) is 0. The molecule has 32 heavy (non-hydrogen) atoms. The first-order valence-electron chi connectivity index (χ1n) is 10.6. The van der Waals surface area contributed by atoms with E-state index in [9.17, 15) is 4.79 Å². The fourth-order valence-corrected chi connectivity index (χ4v) is 4.46. The SMILES string of the molecule is CC1CN(C)CCN1c1ncc(Sc2ccc(C(N)=O)cc2)c(OCc2ccccc2)n1. The number of rotatable bonds is 7. The maximum Gasteiger partial charge on any atom is 0.248 e. The predicted octanol–water partition coefficient (Wildman–Crippen LogP) is 3.45. The van der Waals surface area contributed by atoms with Crippen LogP contribution in [0.15, 0.2) is 70.6 Å². The molecule has 3 aromatic rings. The number of hydrogen-bond acceptors (Lipinski definition) is 7. The average Bonchev–Trinajstić information content (AvgIpc) is 2.79. The first kappa shape index (κ1) is 22.1. The molecule has 1 fully saturated rings. The molecule has 2 aromatic carbocycles. The number of ether oxygens (including phenoxy) is 1. The normalized spacial score (nSPS) is 16.7. The van der Waals surface area contributed by atoms with Crippen molar-refractivity contribution in [3.8, 4) is 5.88 Å². The molecule has 166 valence electrons. The standard InChI is InChI=1S/C24H27N5O2S/c1-17-15-28(2)12-13-29(17)24-26-14-21(32-20-10-8-19(9-11-20)22(25)30)23(27-24)31-16-18-6-4-3-5-7-18/h3-11,14,17H,12-13,15-16H2,1-2H3,(H2,25,30). The lowest BCUT2D eigenvalue weighted by Gasteiger charge is -2.38. The van der Waals surface area contributed by atoms with Crippen LogP contribution in [-0.4, -0.2) is 53.5 Å². The lowest BCUT2D eigenvalue weighted by molar-refractivity contribution is 0.1000. The van der Waals surface area contributed by atoms with E-state index in [2.05, 4.69) is 28.8 Å². The monoisotopic (exact) mass is 449 g/mol. The van der Waals surface area contributed by atoms with Gasteiger partial charge in [0.15, 0.2) is 0 Å². The molecule has 1 atom stereocenters. The Labute approximate surface area is 192 Å². The zero-order chi connectivity index (χ0) is 22.5. The van der Waals surface area contributed by atoms with Crippen LogP contribution >= 0.6 is 11.8 Å². The maximum absolute atomic E-state index is 11.3. The van der Waals surface area contributed by atoms with Crippen LogP contribution in [0.5, 0.6) is 5.88 Å². The van der Waals surface area contributed by atoms with Crippen molar-refractivity contribution in [3.63, 3.8) is 0 Å². The molecule has 0 radical (unpaired) electrons. The quantitative estimate of drug-likeness (QED) is 0.591. The molecule has 1 amide bonds. The van der Waals surface area contributed by atoms with Gasteiger partial charge >= 0.3 is 0 Å². The van der Waals surface area contributed by atoms with Crippen LogP contribution in [0.25, 0.3) is 0 Å². The molecule has 0 aliphatic carbocycles. The van der Waals surface area contributed by atoms with E-state index in [0.29, 0.717) is 30.0 Å². The molecule has 1 aromatic heterocycles. The molecule has 1 unspecified atom stereocenters. The second-order valence-electron chi connectivity index (χ2n) is 7.91. The van der Waals surface area contributed by atoms with Crippen molar-refractivity contribution in [2.45, 2.75) is 29.4 Å². The summed E-state index contributed by atoms with van der Waals surface area (Å²) in [5.41, 5.74) is 6.90. The van der Waals surface area contributed by atoms with Gasteiger partial charge in [-0.2, -0.15) is 4.98 Å². The van der Waals surface area contributed by atoms with Gasteiger partial charge in [-0.25, -0.2) is 4.98 Å². The summed E-state index contributed by atoms with van der Waals surface area (Å²) >= 11 is 1.50. The molecule has 2 heterocycles. The van der Waals surface area contributed by atoms with E-state index in [4.69, 9.17) is 15.5 Å². The lowest BCUT2D eigenvalue weighted by Crippen LogP contribution is -2.51. The van der Waals surface area contributed by atoms with Crippen LogP contribution < -0.4 is 15.4 Å². The molecule has 2 N–H and O–H groups in total. The number of primary amides is 1. The first-order valence-corrected chi connectivity index (χ1v) is 11.4. The minimum Gasteiger partial charge on any atom is -0.472 e. The van der Waals surface area contributed by atoms with Gasteiger partial charge in [-0.05, 0) is 43.8 Å². The number of piperazine rings is 1. The van der Waals surface area contributed by atoms with Gasteiger partial charge in [0, 0.05) is 36.1 Å². The largest absolute Gasteiger partial charge is 0.472 e. The van der Waals surface area contributed by atoms with Crippen molar-refractivity contribution in [2.24, 2.45) is 5.73 Å². The number of nitrogens with zero attached hydrogens (tertiary/aromatic N) is 4. The number of benzene rings is 2. The number of amides is 1. The van der Waals surface area contributed by atoms with Crippen LogP contribution in [0.1, 0.15) is 22.8 Å². The second-order valence-corrected chi connectivity index (χ2v) is 9.02. The van der Waals surface area contributed by atoms with Crippen LogP contribution in [-0.2, 0) is 6.61 Å².